The Morgan fingerprint density at radius 1 is 1.33 bits per heavy atom. The molecule has 2 rings (SSSR count). The van der Waals surface area contributed by atoms with Crippen molar-refractivity contribution in [3.8, 4) is 0 Å². The maximum atomic E-state index is 10.7. The third-order valence-corrected chi connectivity index (χ3v) is 4.28. The normalized spacial score (nSPS) is 10.8. The second-order valence-electron chi connectivity index (χ2n) is 4.00. The molecule has 18 heavy (non-hydrogen) atoms. The van der Waals surface area contributed by atoms with Crippen molar-refractivity contribution in [3.05, 3.63) is 34.2 Å². The first-order valence-corrected chi connectivity index (χ1v) is 6.99. The monoisotopic (exact) mass is 282 g/mol. The number of carbonyl (C=O) groups excluding carboxylic acids is 1. The Morgan fingerprint density at radius 3 is 2.83 bits per heavy atom. The first kappa shape index (κ1) is 13.3. The minimum Gasteiger partial charge on any atom is -0.355 e. The van der Waals surface area contributed by atoms with Gasteiger partial charge in [0.25, 0.3) is 0 Å². The van der Waals surface area contributed by atoms with Crippen molar-refractivity contribution in [3.63, 3.8) is 0 Å². The lowest BCUT2D eigenvalue weighted by molar-refractivity contribution is -0.118. The molecule has 0 aliphatic carbocycles. The van der Waals surface area contributed by atoms with E-state index in [1.807, 2.05) is 18.2 Å². The summed E-state index contributed by atoms with van der Waals surface area (Å²) in [5, 5.41) is 7.96. The van der Waals surface area contributed by atoms with Gasteiger partial charge in [0, 0.05) is 41.5 Å². The van der Waals surface area contributed by atoms with Crippen LogP contribution in [0.2, 0.25) is 5.02 Å². The van der Waals surface area contributed by atoms with Crippen LogP contribution in [0.15, 0.2) is 24.3 Å². The highest BCUT2D eigenvalue weighted by atomic mass is 35.5. The van der Waals surface area contributed by atoms with Gasteiger partial charge in [0.05, 0.1) is 5.02 Å². The summed E-state index contributed by atoms with van der Waals surface area (Å²) in [6.45, 7) is 3.63. The van der Waals surface area contributed by atoms with Crippen LogP contribution in [-0.2, 0) is 11.3 Å². The summed E-state index contributed by atoms with van der Waals surface area (Å²) >= 11 is 8.03. The van der Waals surface area contributed by atoms with E-state index in [1.165, 1.54) is 11.6 Å². The highest BCUT2D eigenvalue weighted by molar-refractivity contribution is 7.19. The van der Waals surface area contributed by atoms with Gasteiger partial charge in [0.1, 0.15) is 0 Å². The van der Waals surface area contributed by atoms with Crippen molar-refractivity contribution >= 4 is 38.9 Å². The SMILES string of the molecule is CC(=O)NCCNCc1sc2ccccc2c1Cl. The fourth-order valence-electron chi connectivity index (χ4n) is 1.71. The van der Waals surface area contributed by atoms with E-state index in [4.69, 9.17) is 11.6 Å². The van der Waals surface area contributed by atoms with Gasteiger partial charge in [-0.05, 0) is 6.07 Å². The van der Waals surface area contributed by atoms with Crippen molar-refractivity contribution < 1.29 is 4.79 Å². The van der Waals surface area contributed by atoms with Gasteiger partial charge in [-0.1, -0.05) is 29.8 Å². The molecule has 0 radical (unpaired) electrons. The summed E-state index contributed by atoms with van der Waals surface area (Å²) < 4.78 is 1.21. The second-order valence-corrected chi connectivity index (χ2v) is 5.51. The van der Waals surface area contributed by atoms with E-state index in [0.717, 1.165) is 28.4 Å². The quantitative estimate of drug-likeness (QED) is 0.828. The van der Waals surface area contributed by atoms with Gasteiger partial charge in [-0.15, -0.1) is 11.3 Å². The maximum absolute atomic E-state index is 10.7. The maximum Gasteiger partial charge on any atom is 0.216 e. The molecule has 0 spiro atoms. The fraction of sp³-hybridized carbons (Fsp3) is 0.308. The van der Waals surface area contributed by atoms with Gasteiger partial charge >= 0.3 is 0 Å². The number of fused-ring (bicyclic) bond motifs is 1. The molecule has 0 fully saturated rings. The Bertz CT molecular complexity index is 553. The first-order chi connectivity index (χ1) is 8.68. The van der Waals surface area contributed by atoms with E-state index >= 15 is 0 Å². The van der Waals surface area contributed by atoms with Crippen LogP contribution < -0.4 is 10.6 Å². The molecule has 0 unspecified atom stereocenters. The van der Waals surface area contributed by atoms with Gasteiger partial charge in [-0.2, -0.15) is 0 Å². The lowest BCUT2D eigenvalue weighted by atomic mass is 10.2. The highest BCUT2D eigenvalue weighted by Gasteiger charge is 2.08. The Balaban J connectivity index is 1.91. The minimum atomic E-state index is -0.00306. The van der Waals surface area contributed by atoms with Crippen LogP contribution in [0.4, 0.5) is 0 Å². The number of halogens is 1. The number of carbonyl (C=O) groups is 1. The van der Waals surface area contributed by atoms with E-state index < -0.39 is 0 Å². The Hall–Kier alpha value is -1.10. The van der Waals surface area contributed by atoms with Crippen LogP contribution in [-0.4, -0.2) is 19.0 Å². The predicted octanol–water partition coefficient (Wildman–Crippen LogP) is 2.78. The van der Waals surface area contributed by atoms with Crippen molar-refractivity contribution in [2.24, 2.45) is 0 Å². The van der Waals surface area contributed by atoms with E-state index in [1.54, 1.807) is 11.3 Å². The van der Waals surface area contributed by atoms with Gasteiger partial charge in [-0.25, -0.2) is 0 Å². The average molecular weight is 283 g/mol. The van der Waals surface area contributed by atoms with Crippen LogP contribution >= 0.6 is 22.9 Å². The molecule has 1 aromatic carbocycles. The third-order valence-electron chi connectivity index (χ3n) is 2.56. The van der Waals surface area contributed by atoms with Crippen molar-refractivity contribution in [2.45, 2.75) is 13.5 Å². The number of amides is 1. The molecule has 0 aliphatic rings. The number of benzene rings is 1. The van der Waals surface area contributed by atoms with Crippen LogP contribution in [0.5, 0.6) is 0 Å². The third kappa shape index (κ3) is 3.22. The van der Waals surface area contributed by atoms with Crippen molar-refractivity contribution in [1.29, 1.82) is 0 Å². The first-order valence-electron chi connectivity index (χ1n) is 5.79. The van der Waals surface area contributed by atoms with E-state index in [-0.39, 0.29) is 5.91 Å². The van der Waals surface area contributed by atoms with Crippen LogP contribution in [0.3, 0.4) is 0 Å². The lowest BCUT2D eigenvalue weighted by Gasteiger charge is -2.04. The van der Waals surface area contributed by atoms with Crippen LogP contribution in [0.25, 0.3) is 10.1 Å². The number of hydrogen-bond acceptors (Lipinski definition) is 3. The van der Waals surface area contributed by atoms with Gasteiger partial charge in [0.15, 0.2) is 0 Å². The molecule has 2 aromatic rings. The summed E-state index contributed by atoms with van der Waals surface area (Å²) in [5.41, 5.74) is 0. The predicted molar refractivity (Wildman–Crippen MR) is 77.2 cm³/mol. The van der Waals surface area contributed by atoms with Gasteiger partial charge in [-0.3, -0.25) is 4.79 Å². The van der Waals surface area contributed by atoms with E-state index in [0.29, 0.717) is 6.54 Å². The van der Waals surface area contributed by atoms with Gasteiger partial charge < -0.3 is 10.6 Å². The molecule has 0 saturated heterocycles. The molecule has 0 aliphatic heterocycles. The molecule has 5 heteroatoms. The highest BCUT2D eigenvalue weighted by Crippen LogP contribution is 2.34. The smallest absolute Gasteiger partial charge is 0.216 e. The zero-order chi connectivity index (χ0) is 13.0. The lowest BCUT2D eigenvalue weighted by Crippen LogP contribution is -2.29. The molecular weight excluding hydrogens is 268 g/mol. The van der Waals surface area contributed by atoms with Crippen LogP contribution in [0.1, 0.15) is 11.8 Å². The minimum absolute atomic E-state index is 0.00306. The molecule has 1 aromatic heterocycles. The summed E-state index contributed by atoms with van der Waals surface area (Å²) in [4.78, 5) is 11.8. The molecule has 0 saturated carbocycles. The second kappa shape index (κ2) is 6.18. The van der Waals surface area contributed by atoms with Crippen molar-refractivity contribution in [1.82, 2.24) is 10.6 Å². The summed E-state index contributed by atoms with van der Waals surface area (Å²) in [7, 11) is 0. The largest absolute Gasteiger partial charge is 0.355 e. The fourth-order valence-corrected chi connectivity index (χ4v) is 3.18. The molecule has 2 N–H and O–H groups in total. The Kier molecular flexibility index (Phi) is 4.58. The average Bonchev–Trinajstić information content (AvgIpc) is 2.66. The van der Waals surface area contributed by atoms with Gasteiger partial charge in [0.2, 0.25) is 5.91 Å². The topological polar surface area (TPSA) is 41.1 Å². The molecule has 3 nitrogen and oxygen atoms in total. The summed E-state index contributed by atoms with van der Waals surface area (Å²) in [5.74, 6) is -0.00306. The Labute approximate surface area is 115 Å². The number of hydrogen-bond donors (Lipinski definition) is 2. The standard InChI is InChI=1S/C13H15ClN2OS/c1-9(17)16-7-6-15-8-12-13(14)10-4-2-3-5-11(10)18-12/h2-5,15H,6-8H2,1H3,(H,16,17). The van der Waals surface area contributed by atoms with E-state index in [2.05, 4.69) is 16.7 Å². The summed E-state index contributed by atoms with van der Waals surface area (Å²) in [6.07, 6.45) is 0. The molecule has 1 heterocycles. The van der Waals surface area contributed by atoms with E-state index in [9.17, 15) is 4.79 Å². The number of thiophene rings is 1. The molecule has 0 bridgehead atoms. The van der Waals surface area contributed by atoms with Crippen LogP contribution in [0, 0.1) is 0 Å². The summed E-state index contributed by atoms with van der Waals surface area (Å²) in [6, 6.07) is 8.12. The zero-order valence-electron chi connectivity index (χ0n) is 10.1. The molecule has 96 valence electrons. The molecule has 1 amide bonds. The molecular formula is C13H15ClN2OS. The Morgan fingerprint density at radius 2 is 2.11 bits per heavy atom. The number of nitrogens with one attached hydrogen (secondary N) is 2. The van der Waals surface area contributed by atoms with Crippen molar-refractivity contribution in [2.75, 3.05) is 13.1 Å². The molecule has 0 atom stereocenters. The zero-order valence-corrected chi connectivity index (χ0v) is 11.7. The number of rotatable bonds is 5.